The minimum Gasteiger partial charge on any atom is -0.264 e. The van der Waals surface area contributed by atoms with Gasteiger partial charge < -0.3 is 0 Å². The Bertz CT molecular complexity index is 285. The molecule has 2 nitrogen and oxygen atoms in total. The van der Waals surface area contributed by atoms with E-state index in [-0.39, 0.29) is 0 Å². The number of nitrogens with zero attached hydrogens (tertiary/aromatic N) is 2. The summed E-state index contributed by atoms with van der Waals surface area (Å²) in [4.78, 5) is 3.95. The standard InChI is InChI=1S/C6H4N2S/c1-2-7-3-5-4-8-9-6(1)5/h1-4H. The smallest absolute Gasteiger partial charge is 0.0580 e. The van der Waals surface area contributed by atoms with Gasteiger partial charge in [0, 0.05) is 17.8 Å². The minimum absolute atomic E-state index is 1.13. The maximum absolute atomic E-state index is 4.00. The third-order valence-electron chi connectivity index (χ3n) is 1.15. The normalized spacial score (nSPS) is 10.2. The van der Waals surface area contributed by atoms with Gasteiger partial charge in [-0.2, -0.15) is 4.37 Å². The van der Waals surface area contributed by atoms with Crippen molar-refractivity contribution in [1.29, 1.82) is 0 Å². The van der Waals surface area contributed by atoms with Crippen molar-refractivity contribution in [3.05, 3.63) is 24.7 Å². The van der Waals surface area contributed by atoms with Crippen molar-refractivity contribution in [2.45, 2.75) is 0 Å². The van der Waals surface area contributed by atoms with E-state index in [1.165, 1.54) is 16.2 Å². The molecule has 0 saturated heterocycles. The van der Waals surface area contributed by atoms with Crippen molar-refractivity contribution in [1.82, 2.24) is 9.36 Å². The molecule has 9 heavy (non-hydrogen) atoms. The van der Waals surface area contributed by atoms with Gasteiger partial charge in [-0.15, -0.1) is 0 Å². The Morgan fingerprint density at radius 1 is 1.33 bits per heavy atom. The lowest BCUT2D eigenvalue weighted by Gasteiger charge is -1.79. The van der Waals surface area contributed by atoms with E-state index >= 15 is 0 Å². The molecule has 2 rings (SSSR count). The average molecular weight is 136 g/mol. The van der Waals surface area contributed by atoms with Gasteiger partial charge in [-0.25, -0.2) is 0 Å². The quantitative estimate of drug-likeness (QED) is 0.550. The van der Waals surface area contributed by atoms with E-state index in [9.17, 15) is 0 Å². The lowest BCUT2D eigenvalue weighted by molar-refractivity contribution is 1.37. The summed E-state index contributed by atoms with van der Waals surface area (Å²) < 4.78 is 5.20. The first-order chi connectivity index (χ1) is 4.47. The van der Waals surface area contributed by atoms with Crippen LogP contribution < -0.4 is 0 Å². The van der Waals surface area contributed by atoms with Crippen LogP contribution in [0.4, 0.5) is 0 Å². The third kappa shape index (κ3) is 0.695. The molecule has 2 aromatic rings. The molecule has 3 heteroatoms. The Kier molecular flexibility index (Phi) is 0.960. The van der Waals surface area contributed by atoms with Gasteiger partial charge in [0.15, 0.2) is 0 Å². The SMILES string of the molecule is c1cc2sncc2cn1. The fourth-order valence-corrected chi connectivity index (χ4v) is 1.33. The van der Waals surface area contributed by atoms with Gasteiger partial charge in [-0.3, -0.25) is 4.98 Å². The highest BCUT2D eigenvalue weighted by Crippen LogP contribution is 2.14. The molecular weight excluding hydrogens is 132 g/mol. The van der Waals surface area contributed by atoms with Gasteiger partial charge in [0.1, 0.15) is 0 Å². The predicted octanol–water partition coefficient (Wildman–Crippen LogP) is 1.69. The monoisotopic (exact) mass is 136 g/mol. The molecule has 0 unspecified atom stereocenters. The summed E-state index contributed by atoms with van der Waals surface area (Å²) in [5, 5.41) is 1.13. The molecule has 0 N–H and O–H groups in total. The zero-order chi connectivity index (χ0) is 6.10. The van der Waals surface area contributed by atoms with Gasteiger partial charge in [-0.1, -0.05) is 0 Å². The number of pyridine rings is 1. The van der Waals surface area contributed by atoms with Crippen LogP contribution >= 0.6 is 11.5 Å². The van der Waals surface area contributed by atoms with E-state index in [0.29, 0.717) is 0 Å². The molecule has 0 saturated carbocycles. The fourth-order valence-electron chi connectivity index (χ4n) is 0.714. The molecule has 44 valence electrons. The van der Waals surface area contributed by atoms with E-state index < -0.39 is 0 Å². The molecule has 0 spiro atoms. The Balaban J connectivity index is 2.95. The van der Waals surface area contributed by atoms with E-state index in [1.54, 1.807) is 6.20 Å². The second-order valence-electron chi connectivity index (χ2n) is 1.74. The molecule has 2 heterocycles. The van der Waals surface area contributed by atoms with E-state index in [4.69, 9.17) is 0 Å². The van der Waals surface area contributed by atoms with Gasteiger partial charge in [0.25, 0.3) is 0 Å². The predicted molar refractivity (Wildman–Crippen MR) is 37.4 cm³/mol. The average Bonchev–Trinajstić information content (AvgIpc) is 2.33. The van der Waals surface area contributed by atoms with Crippen LogP contribution in [-0.2, 0) is 0 Å². The zero-order valence-electron chi connectivity index (χ0n) is 4.61. The maximum atomic E-state index is 4.00. The number of hydrogen-bond acceptors (Lipinski definition) is 3. The number of rotatable bonds is 0. The first-order valence-corrected chi connectivity index (χ1v) is 3.38. The molecule has 0 fully saturated rings. The van der Waals surface area contributed by atoms with Crippen LogP contribution in [0.2, 0.25) is 0 Å². The Morgan fingerprint density at radius 2 is 2.33 bits per heavy atom. The summed E-state index contributed by atoms with van der Waals surface area (Å²) in [6, 6.07) is 1.97. The van der Waals surface area contributed by atoms with Crippen LogP contribution in [-0.4, -0.2) is 9.36 Å². The van der Waals surface area contributed by atoms with Crippen molar-refractivity contribution in [3.63, 3.8) is 0 Å². The molecule has 0 bridgehead atoms. The van der Waals surface area contributed by atoms with Crippen molar-refractivity contribution in [2.24, 2.45) is 0 Å². The van der Waals surface area contributed by atoms with Crippen molar-refractivity contribution >= 4 is 21.6 Å². The van der Waals surface area contributed by atoms with Crippen LogP contribution in [0.3, 0.4) is 0 Å². The van der Waals surface area contributed by atoms with E-state index in [0.717, 1.165) is 5.39 Å². The van der Waals surface area contributed by atoms with Gasteiger partial charge in [0.05, 0.1) is 10.9 Å². The number of hydrogen-bond donors (Lipinski definition) is 0. The van der Waals surface area contributed by atoms with Crippen molar-refractivity contribution < 1.29 is 0 Å². The minimum atomic E-state index is 1.13. The topological polar surface area (TPSA) is 25.8 Å². The van der Waals surface area contributed by atoms with Gasteiger partial charge >= 0.3 is 0 Å². The molecule has 0 aliphatic heterocycles. The number of fused-ring (bicyclic) bond motifs is 1. The first-order valence-electron chi connectivity index (χ1n) is 2.61. The Morgan fingerprint density at radius 3 is 3.22 bits per heavy atom. The maximum Gasteiger partial charge on any atom is 0.0580 e. The van der Waals surface area contributed by atoms with Gasteiger partial charge in [0.2, 0.25) is 0 Å². The number of aromatic nitrogens is 2. The second-order valence-corrected chi connectivity index (χ2v) is 2.57. The zero-order valence-corrected chi connectivity index (χ0v) is 5.43. The highest BCUT2D eigenvalue weighted by Gasteiger charge is 1.90. The molecule has 2 aromatic heterocycles. The molecular formula is C6H4N2S. The van der Waals surface area contributed by atoms with Crippen LogP contribution in [0.5, 0.6) is 0 Å². The molecule has 0 aliphatic carbocycles. The van der Waals surface area contributed by atoms with Gasteiger partial charge in [-0.05, 0) is 17.6 Å². The van der Waals surface area contributed by atoms with Crippen LogP contribution in [0.25, 0.3) is 10.1 Å². The van der Waals surface area contributed by atoms with E-state index in [1.807, 2.05) is 18.5 Å². The Hall–Kier alpha value is -0.960. The summed E-state index contributed by atoms with van der Waals surface area (Å²) in [5.41, 5.74) is 0. The van der Waals surface area contributed by atoms with Crippen molar-refractivity contribution in [2.75, 3.05) is 0 Å². The molecule has 0 aliphatic rings. The third-order valence-corrected chi connectivity index (χ3v) is 1.93. The van der Waals surface area contributed by atoms with Crippen LogP contribution in [0, 0.1) is 0 Å². The van der Waals surface area contributed by atoms with Crippen LogP contribution in [0.1, 0.15) is 0 Å². The van der Waals surface area contributed by atoms with E-state index in [2.05, 4.69) is 9.36 Å². The summed E-state index contributed by atoms with van der Waals surface area (Å²) in [6.45, 7) is 0. The fraction of sp³-hybridized carbons (Fsp3) is 0. The second kappa shape index (κ2) is 1.77. The molecule has 0 amide bonds. The summed E-state index contributed by atoms with van der Waals surface area (Å²) >= 11 is 1.50. The summed E-state index contributed by atoms with van der Waals surface area (Å²) in [5.74, 6) is 0. The first kappa shape index (κ1) is 4.88. The lowest BCUT2D eigenvalue weighted by Crippen LogP contribution is -1.64. The highest BCUT2D eigenvalue weighted by atomic mass is 32.1. The summed E-state index contributed by atoms with van der Waals surface area (Å²) in [7, 11) is 0. The van der Waals surface area contributed by atoms with Crippen molar-refractivity contribution in [3.8, 4) is 0 Å². The summed E-state index contributed by atoms with van der Waals surface area (Å²) in [6.07, 6.45) is 5.42. The molecule has 0 aromatic carbocycles. The Labute approximate surface area is 56.3 Å². The largest absolute Gasteiger partial charge is 0.264 e. The lowest BCUT2D eigenvalue weighted by atomic mass is 10.4. The van der Waals surface area contributed by atoms with Crippen LogP contribution in [0.15, 0.2) is 24.7 Å². The molecule has 0 atom stereocenters. The highest BCUT2D eigenvalue weighted by molar-refractivity contribution is 7.13. The molecule has 0 radical (unpaired) electrons.